The number of hydrogen-bond acceptors (Lipinski definition) is 6. The van der Waals surface area contributed by atoms with Gasteiger partial charge in [-0.2, -0.15) is 0 Å². The van der Waals surface area contributed by atoms with Gasteiger partial charge in [-0.05, 0) is 38.0 Å². The number of carbonyl (C=O) groups excluding carboxylic acids is 2. The number of para-hydroxylation sites is 1. The van der Waals surface area contributed by atoms with Crippen molar-refractivity contribution in [3.8, 4) is 16.9 Å². The van der Waals surface area contributed by atoms with E-state index in [0.717, 1.165) is 16.9 Å². The van der Waals surface area contributed by atoms with Gasteiger partial charge in [0.05, 0.1) is 20.3 Å². The van der Waals surface area contributed by atoms with Crippen LogP contribution in [0.1, 0.15) is 32.4 Å². The Labute approximate surface area is 165 Å². The fourth-order valence-electron chi connectivity index (χ4n) is 2.84. The molecule has 2 rings (SSSR count). The van der Waals surface area contributed by atoms with Crippen LogP contribution in [0.3, 0.4) is 0 Å². The number of nitrogens with two attached hydrogens (primary N) is 1. The lowest BCUT2D eigenvalue weighted by atomic mass is 9.92. The van der Waals surface area contributed by atoms with E-state index in [1.807, 2.05) is 36.4 Å². The van der Waals surface area contributed by atoms with E-state index in [-0.39, 0.29) is 0 Å². The first-order valence-corrected chi connectivity index (χ1v) is 8.97. The van der Waals surface area contributed by atoms with Gasteiger partial charge in [-0.25, -0.2) is 0 Å². The van der Waals surface area contributed by atoms with Crippen LogP contribution in [-0.4, -0.2) is 31.8 Å². The van der Waals surface area contributed by atoms with Crippen LogP contribution in [0.5, 0.6) is 5.75 Å². The van der Waals surface area contributed by atoms with Gasteiger partial charge in [-0.3, -0.25) is 9.59 Å². The molecule has 0 radical (unpaired) electrons. The highest BCUT2D eigenvalue weighted by Gasteiger charge is 2.38. The Kier molecular flexibility index (Phi) is 6.80. The number of carbonyl (C=O) groups is 2. The molecule has 0 saturated heterocycles. The Hall–Kier alpha value is -2.86. The summed E-state index contributed by atoms with van der Waals surface area (Å²) < 4.78 is 15.5. The van der Waals surface area contributed by atoms with E-state index < -0.39 is 29.5 Å². The third kappa shape index (κ3) is 5.10. The monoisotopic (exact) mass is 385 g/mol. The van der Waals surface area contributed by atoms with Gasteiger partial charge in [0.25, 0.3) is 0 Å². The van der Waals surface area contributed by atoms with Crippen LogP contribution < -0.4 is 10.5 Å². The molecule has 6 nitrogen and oxygen atoms in total. The number of methoxy groups -OCH3 is 2. The van der Waals surface area contributed by atoms with Crippen molar-refractivity contribution in [1.82, 2.24) is 0 Å². The molecule has 28 heavy (non-hydrogen) atoms. The van der Waals surface area contributed by atoms with Crippen molar-refractivity contribution >= 4 is 11.9 Å². The molecule has 0 aromatic heterocycles. The van der Waals surface area contributed by atoms with Crippen LogP contribution in [0.25, 0.3) is 11.1 Å². The smallest absolute Gasteiger partial charge is 0.322 e. The molecule has 2 N–H and O–H groups in total. The minimum absolute atomic E-state index is 0.625. The van der Waals surface area contributed by atoms with Crippen LogP contribution >= 0.6 is 0 Å². The van der Waals surface area contributed by atoms with Gasteiger partial charge in [-0.15, -0.1) is 0 Å². The lowest BCUT2D eigenvalue weighted by Gasteiger charge is -2.26. The Morgan fingerprint density at radius 3 is 2.07 bits per heavy atom. The van der Waals surface area contributed by atoms with Gasteiger partial charge in [-0.1, -0.05) is 42.5 Å². The van der Waals surface area contributed by atoms with Crippen molar-refractivity contribution in [1.29, 1.82) is 0 Å². The molecule has 0 bridgehead atoms. The van der Waals surface area contributed by atoms with E-state index in [4.69, 9.17) is 19.9 Å². The van der Waals surface area contributed by atoms with Crippen LogP contribution in [0.4, 0.5) is 0 Å². The Morgan fingerprint density at radius 2 is 1.54 bits per heavy atom. The zero-order chi connectivity index (χ0) is 20.9. The van der Waals surface area contributed by atoms with E-state index in [0.29, 0.717) is 5.56 Å². The summed E-state index contributed by atoms with van der Waals surface area (Å²) >= 11 is 0. The van der Waals surface area contributed by atoms with Crippen molar-refractivity contribution < 1.29 is 23.8 Å². The largest absolute Gasteiger partial charge is 0.496 e. The van der Waals surface area contributed by atoms with Crippen molar-refractivity contribution in [2.75, 3.05) is 14.2 Å². The van der Waals surface area contributed by atoms with Gasteiger partial charge in [0.1, 0.15) is 11.4 Å². The SMILES string of the molecule is COC(=O)C(C(=O)OC(C)(C)C)C(N)c1ccc(-c2ccccc2OC)cc1. The van der Waals surface area contributed by atoms with Gasteiger partial charge >= 0.3 is 11.9 Å². The molecule has 2 unspecified atom stereocenters. The molecule has 0 fully saturated rings. The molecule has 0 saturated carbocycles. The zero-order valence-electron chi connectivity index (χ0n) is 16.9. The molecule has 2 atom stereocenters. The molecule has 150 valence electrons. The molecule has 0 aliphatic rings. The Bertz CT molecular complexity index is 824. The first kappa shape index (κ1) is 21.4. The second kappa shape index (κ2) is 8.89. The Balaban J connectivity index is 2.31. The van der Waals surface area contributed by atoms with Crippen LogP contribution in [0.2, 0.25) is 0 Å². The number of esters is 2. The van der Waals surface area contributed by atoms with Crippen LogP contribution in [0, 0.1) is 5.92 Å². The Morgan fingerprint density at radius 1 is 0.929 bits per heavy atom. The molecule has 0 amide bonds. The molecule has 2 aromatic carbocycles. The van der Waals surface area contributed by atoms with E-state index in [1.165, 1.54) is 7.11 Å². The third-order valence-corrected chi connectivity index (χ3v) is 4.19. The second-order valence-corrected chi connectivity index (χ2v) is 7.38. The van der Waals surface area contributed by atoms with Crippen molar-refractivity contribution in [3.63, 3.8) is 0 Å². The van der Waals surface area contributed by atoms with Crippen LogP contribution in [-0.2, 0) is 19.1 Å². The van der Waals surface area contributed by atoms with Crippen molar-refractivity contribution in [2.24, 2.45) is 11.7 Å². The van der Waals surface area contributed by atoms with E-state index in [1.54, 1.807) is 40.0 Å². The molecule has 6 heteroatoms. The van der Waals surface area contributed by atoms with E-state index >= 15 is 0 Å². The molecule has 0 spiro atoms. The van der Waals surface area contributed by atoms with Gasteiger partial charge in [0, 0.05) is 5.56 Å². The van der Waals surface area contributed by atoms with E-state index in [9.17, 15) is 9.59 Å². The standard InChI is InChI=1S/C22H27NO5/c1-22(2,3)28-21(25)18(20(24)27-5)19(23)15-12-10-14(11-13-15)16-8-6-7-9-17(16)26-4/h6-13,18-19H,23H2,1-5H3. The summed E-state index contributed by atoms with van der Waals surface area (Å²) in [5, 5.41) is 0. The van der Waals surface area contributed by atoms with Crippen LogP contribution in [0.15, 0.2) is 48.5 Å². The molecule has 0 aliphatic heterocycles. The van der Waals surface area contributed by atoms with Gasteiger partial charge in [0.15, 0.2) is 5.92 Å². The number of ether oxygens (including phenoxy) is 3. The second-order valence-electron chi connectivity index (χ2n) is 7.38. The topological polar surface area (TPSA) is 87.9 Å². The summed E-state index contributed by atoms with van der Waals surface area (Å²) in [5.41, 5.74) is 8.00. The predicted octanol–water partition coefficient (Wildman–Crippen LogP) is 3.49. The summed E-state index contributed by atoms with van der Waals surface area (Å²) in [6, 6.07) is 14.1. The highest BCUT2D eigenvalue weighted by molar-refractivity contribution is 5.96. The lowest BCUT2D eigenvalue weighted by Crippen LogP contribution is -2.39. The first-order valence-electron chi connectivity index (χ1n) is 8.97. The summed E-state index contributed by atoms with van der Waals surface area (Å²) in [7, 11) is 2.84. The maximum atomic E-state index is 12.5. The number of rotatable bonds is 6. The third-order valence-electron chi connectivity index (χ3n) is 4.19. The molecular weight excluding hydrogens is 358 g/mol. The summed E-state index contributed by atoms with van der Waals surface area (Å²) in [6.45, 7) is 5.19. The lowest BCUT2D eigenvalue weighted by molar-refractivity contribution is -0.169. The van der Waals surface area contributed by atoms with Crippen molar-refractivity contribution in [3.05, 3.63) is 54.1 Å². The maximum absolute atomic E-state index is 12.5. The molecule has 2 aromatic rings. The summed E-state index contributed by atoms with van der Waals surface area (Å²) in [4.78, 5) is 24.7. The fourth-order valence-corrected chi connectivity index (χ4v) is 2.84. The predicted molar refractivity (Wildman–Crippen MR) is 107 cm³/mol. The maximum Gasteiger partial charge on any atom is 0.322 e. The summed E-state index contributed by atoms with van der Waals surface area (Å²) in [5.74, 6) is -1.93. The normalized spacial score (nSPS) is 13.4. The molecule has 0 aliphatic carbocycles. The average molecular weight is 385 g/mol. The zero-order valence-corrected chi connectivity index (χ0v) is 16.9. The minimum Gasteiger partial charge on any atom is -0.496 e. The van der Waals surface area contributed by atoms with Crippen molar-refractivity contribution in [2.45, 2.75) is 32.4 Å². The fraction of sp³-hybridized carbons (Fsp3) is 0.364. The van der Waals surface area contributed by atoms with Gasteiger partial charge < -0.3 is 19.9 Å². The number of hydrogen-bond donors (Lipinski definition) is 1. The first-order chi connectivity index (χ1) is 13.2. The summed E-state index contributed by atoms with van der Waals surface area (Å²) in [6.07, 6.45) is 0. The molecular formula is C22H27NO5. The average Bonchev–Trinajstić information content (AvgIpc) is 2.66. The van der Waals surface area contributed by atoms with Gasteiger partial charge in [0.2, 0.25) is 0 Å². The quantitative estimate of drug-likeness (QED) is 0.605. The molecule has 0 heterocycles. The minimum atomic E-state index is -1.25. The highest BCUT2D eigenvalue weighted by Crippen LogP contribution is 2.31. The van der Waals surface area contributed by atoms with E-state index in [2.05, 4.69) is 0 Å². The highest BCUT2D eigenvalue weighted by atomic mass is 16.6. The number of benzene rings is 2.